The molecule has 0 aliphatic rings. The quantitative estimate of drug-likeness (QED) is 0.570. The van der Waals surface area contributed by atoms with E-state index in [9.17, 15) is 4.79 Å². The minimum Gasteiger partial charge on any atom is -0.479 e. The molecule has 0 aliphatic carbocycles. The van der Waals surface area contributed by atoms with E-state index in [-0.39, 0.29) is 0 Å². The number of hydrogen-bond acceptors (Lipinski definition) is 5. The molecule has 1 unspecified atom stereocenters. The van der Waals surface area contributed by atoms with E-state index in [2.05, 4.69) is 13.8 Å². The third-order valence-electron chi connectivity index (χ3n) is 3.70. The molecular formula is C21H22ClNO4. The second kappa shape index (κ2) is 9.84. The summed E-state index contributed by atoms with van der Waals surface area (Å²) in [7, 11) is 0. The molecule has 2 aromatic rings. The lowest BCUT2D eigenvalue weighted by molar-refractivity contribution is -0.151. The second-order valence-corrected chi connectivity index (χ2v) is 6.87. The number of halogens is 1. The molecule has 0 heterocycles. The minimum absolute atomic E-state index is 0.348. The van der Waals surface area contributed by atoms with Crippen LogP contribution in [-0.4, -0.2) is 18.7 Å². The zero-order valence-electron chi connectivity index (χ0n) is 15.6. The normalized spacial score (nSPS) is 11.6. The Labute approximate surface area is 164 Å². The average molecular weight is 388 g/mol. The first-order chi connectivity index (χ1) is 12.9. The van der Waals surface area contributed by atoms with Crippen LogP contribution in [0.5, 0.6) is 17.2 Å². The Kier molecular flexibility index (Phi) is 7.51. The molecule has 0 saturated heterocycles. The summed E-state index contributed by atoms with van der Waals surface area (Å²) in [4.78, 5) is 11.9. The Balaban J connectivity index is 1.93. The second-order valence-electron chi connectivity index (χ2n) is 6.44. The number of hydrogen-bond donors (Lipinski definition) is 0. The number of ether oxygens (including phenoxy) is 3. The molecule has 0 aromatic heterocycles. The van der Waals surface area contributed by atoms with Crippen molar-refractivity contribution in [2.24, 2.45) is 5.92 Å². The molecule has 5 nitrogen and oxygen atoms in total. The molecule has 1 atom stereocenters. The molecule has 0 spiro atoms. The van der Waals surface area contributed by atoms with E-state index in [0.29, 0.717) is 40.4 Å². The van der Waals surface area contributed by atoms with Gasteiger partial charge in [0.05, 0.1) is 12.2 Å². The predicted octanol–water partition coefficient (Wildman–Crippen LogP) is 5.36. The maximum atomic E-state index is 11.9. The standard InChI is InChI=1S/C21H22ClNO4/c1-14(2)10-11-25-21(24)15(3)26-18-5-7-19(8-6-18)27-20-9-4-17(22)12-16(20)13-23/h4-9,12,14-15H,10-11H2,1-3H3. The van der Waals surface area contributed by atoms with Crippen molar-refractivity contribution in [3.8, 4) is 23.3 Å². The number of esters is 1. The first-order valence-electron chi connectivity index (χ1n) is 8.70. The largest absolute Gasteiger partial charge is 0.479 e. The van der Waals surface area contributed by atoms with Gasteiger partial charge in [-0.1, -0.05) is 25.4 Å². The lowest BCUT2D eigenvalue weighted by Crippen LogP contribution is -2.26. The van der Waals surface area contributed by atoms with Gasteiger partial charge in [0.1, 0.15) is 23.3 Å². The summed E-state index contributed by atoms with van der Waals surface area (Å²) < 4.78 is 16.5. The molecule has 0 N–H and O–H groups in total. The van der Waals surface area contributed by atoms with Crippen LogP contribution in [0.1, 0.15) is 32.8 Å². The maximum Gasteiger partial charge on any atom is 0.347 e. The van der Waals surface area contributed by atoms with E-state index >= 15 is 0 Å². The van der Waals surface area contributed by atoms with E-state index in [1.165, 1.54) is 0 Å². The van der Waals surface area contributed by atoms with Gasteiger partial charge in [-0.05, 0) is 61.7 Å². The highest BCUT2D eigenvalue weighted by molar-refractivity contribution is 6.30. The summed E-state index contributed by atoms with van der Waals surface area (Å²) in [5.74, 6) is 1.55. The van der Waals surface area contributed by atoms with Crippen LogP contribution in [0.4, 0.5) is 0 Å². The van der Waals surface area contributed by atoms with Gasteiger partial charge in [0, 0.05) is 5.02 Å². The minimum atomic E-state index is -0.703. The highest BCUT2D eigenvalue weighted by atomic mass is 35.5. The van der Waals surface area contributed by atoms with Gasteiger partial charge in [-0.3, -0.25) is 0 Å². The van der Waals surface area contributed by atoms with Gasteiger partial charge in [0.25, 0.3) is 0 Å². The Morgan fingerprint density at radius 3 is 2.41 bits per heavy atom. The summed E-state index contributed by atoms with van der Waals surface area (Å²) in [6, 6.07) is 13.7. The monoisotopic (exact) mass is 387 g/mol. The van der Waals surface area contributed by atoms with Crippen LogP contribution in [0.25, 0.3) is 0 Å². The smallest absolute Gasteiger partial charge is 0.347 e. The Hall–Kier alpha value is -2.71. The summed E-state index contributed by atoms with van der Waals surface area (Å²) in [5.41, 5.74) is 0.348. The fourth-order valence-corrected chi connectivity index (χ4v) is 2.33. The molecule has 27 heavy (non-hydrogen) atoms. The fourth-order valence-electron chi connectivity index (χ4n) is 2.16. The Morgan fingerprint density at radius 2 is 1.78 bits per heavy atom. The molecular weight excluding hydrogens is 366 g/mol. The number of rotatable bonds is 8. The third-order valence-corrected chi connectivity index (χ3v) is 3.93. The highest BCUT2D eigenvalue weighted by Gasteiger charge is 2.16. The maximum absolute atomic E-state index is 11.9. The van der Waals surface area contributed by atoms with Gasteiger partial charge in [0.2, 0.25) is 0 Å². The summed E-state index contributed by atoms with van der Waals surface area (Å²) >= 11 is 5.88. The average Bonchev–Trinajstić information content (AvgIpc) is 2.64. The lowest BCUT2D eigenvalue weighted by Gasteiger charge is -2.15. The van der Waals surface area contributed by atoms with Gasteiger partial charge in [-0.25, -0.2) is 4.79 Å². The number of nitrogens with zero attached hydrogens (tertiary/aromatic N) is 1. The third kappa shape index (κ3) is 6.50. The molecule has 142 valence electrons. The summed E-state index contributed by atoms with van der Waals surface area (Å²) in [5, 5.41) is 9.62. The molecule has 2 aromatic carbocycles. The molecule has 0 fully saturated rings. The van der Waals surface area contributed by atoms with Crippen molar-refractivity contribution in [3.63, 3.8) is 0 Å². The SMILES string of the molecule is CC(C)CCOC(=O)C(C)Oc1ccc(Oc2ccc(Cl)cc2C#N)cc1. The molecule has 2 rings (SSSR count). The van der Waals surface area contributed by atoms with Gasteiger partial charge in [-0.15, -0.1) is 0 Å². The van der Waals surface area contributed by atoms with Crippen LogP contribution < -0.4 is 9.47 Å². The van der Waals surface area contributed by atoms with Crippen LogP contribution in [-0.2, 0) is 9.53 Å². The van der Waals surface area contributed by atoms with E-state index in [4.69, 9.17) is 31.1 Å². The van der Waals surface area contributed by atoms with Crippen molar-refractivity contribution in [1.82, 2.24) is 0 Å². The first-order valence-corrected chi connectivity index (χ1v) is 9.07. The molecule has 6 heteroatoms. The van der Waals surface area contributed by atoms with Crippen LogP contribution in [0.2, 0.25) is 5.02 Å². The van der Waals surface area contributed by atoms with Crippen LogP contribution >= 0.6 is 11.6 Å². The zero-order chi connectivity index (χ0) is 19.8. The summed E-state index contributed by atoms with van der Waals surface area (Å²) in [6.45, 7) is 6.18. The molecule has 0 amide bonds. The van der Waals surface area contributed by atoms with Crippen molar-refractivity contribution in [2.75, 3.05) is 6.61 Å². The van der Waals surface area contributed by atoms with Crippen LogP contribution in [0.3, 0.4) is 0 Å². The van der Waals surface area contributed by atoms with Crippen molar-refractivity contribution in [3.05, 3.63) is 53.1 Å². The number of benzene rings is 2. The topological polar surface area (TPSA) is 68.6 Å². The van der Waals surface area contributed by atoms with Crippen molar-refractivity contribution >= 4 is 17.6 Å². The Bertz CT molecular complexity index is 812. The van der Waals surface area contributed by atoms with Crippen molar-refractivity contribution in [2.45, 2.75) is 33.3 Å². The van der Waals surface area contributed by atoms with Crippen LogP contribution in [0.15, 0.2) is 42.5 Å². The predicted molar refractivity (Wildman–Crippen MR) is 103 cm³/mol. The first kappa shape index (κ1) is 20.6. The van der Waals surface area contributed by atoms with E-state index in [0.717, 1.165) is 6.42 Å². The zero-order valence-corrected chi connectivity index (χ0v) is 16.3. The van der Waals surface area contributed by atoms with Gasteiger partial charge in [0.15, 0.2) is 6.10 Å². The number of nitriles is 1. The lowest BCUT2D eigenvalue weighted by atomic mass is 10.1. The van der Waals surface area contributed by atoms with E-state index in [1.54, 1.807) is 49.4 Å². The van der Waals surface area contributed by atoms with Crippen molar-refractivity contribution < 1.29 is 19.0 Å². The van der Waals surface area contributed by atoms with Crippen molar-refractivity contribution in [1.29, 1.82) is 5.26 Å². The van der Waals surface area contributed by atoms with E-state index in [1.807, 2.05) is 6.07 Å². The summed E-state index contributed by atoms with van der Waals surface area (Å²) in [6.07, 6.45) is 0.116. The molecule has 0 saturated carbocycles. The van der Waals surface area contributed by atoms with Gasteiger partial charge >= 0.3 is 5.97 Å². The van der Waals surface area contributed by atoms with E-state index < -0.39 is 12.1 Å². The fraction of sp³-hybridized carbons (Fsp3) is 0.333. The molecule has 0 radical (unpaired) electrons. The number of carbonyl (C=O) groups excluding carboxylic acids is 1. The highest BCUT2D eigenvalue weighted by Crippen LogP contribution is 2.28. The van der Waals surface area contributed by atoms with Crippen LogP contribution in [0, 0.1) is 17.2 Å². The van der Waals surface area contributed by atoms with Gasteiger partial charge < -0.3 is 14.2 Å². The van der Waals surface area contributed by atoms with Gasteiger partial charge in [-0.2, -0.15) is 5.26 Å². The molecule has 0 aliphatic heterocycles. The molecule has 0 bridgehead atoms. The number of carbonyl (C=O) groups is 1. The Morgan fingerprint density at radius 1 is 1.11 bits per heavy atom.